The Labute approximate surface area is 112 Å². The van der Waals surface area contributed by atoms with E-state index in [9.17, 15) is 13.2 Å². The van der Waals surface area contributed by atoms with Crippen LogP contribution in [0.1, 0.15) is 16.8 Å². The van der Waals surface area contributed by atoms with Crippen molar-refractivity contribution in [3.63, 3.8) is 0 Å². The van der Waals surface area contributed by atoms with Crippen LogP contribution in [-0.2, 0) is 6.18 Å². The van der Waals surface area contributed by atoms with Crippen LogP contribution in [0.4, 0.5) is 18.9 Å². The first-order chi connectivity index (χ1) is 8.75. The van der Waals surface area contributed by atoms with Gasteiger partial charge in [0.25, 0.3) is 0 Å². The van der Waals surface area contributed by atoms with Gasteiger partial charge >= 0.3 is 6.18 Å². The van der Waals surface area contributed by atoms with Crippen molar-refractivity contribution in [3.8, 4) is 0 Å². The number of halogens is 4. The van der Waals surface area contributed by atoms with Gasteiger partial charge in [-0.3, -0.25) is 5.84 Å². The summed E-state index contributed by atoms with van der Waals surface area (Å²) >= 11 is 5.92. The summed E-state index contributed by atoms with van der Waals surface area (Å²) in [6, 6.07) is 3.10. The van der Waals surface area contributed by atoms with Crippen molar-refractivity contribution in [1.82, 2.24) is 4.98 Å². The van der Waals surface area contributed by atoms with E-state index in [-0.39, 0.29) is 16.8 Å². The molecule has 102 valence electrons. The lowest BCUT2D eigenvalue weighted by atomic mass is 10.0. The molecule has 2 aromatic rings. The highest BCUT2D eigenvalue weighted by molar-refractivity contribution is 6.31. The van der Waals surface area contributed by atoms with Crippen molar-refractivity contribution >= 4 is 28.2 Å². The van der Waals surface area contributed by atoms with Crippen molar-refractivity contribution in [2.24, 2.45) is 5.84 Å². The molecule has 0 amide bonds. The molecule has 1 heterocycles. The summed E-state index contributed by atoms with van der Waals surface area (Å²) in [5.41, 5.74) is 2.28. The summed E-state index contributed by atoms with van der Waals surface area (Å²) < 4.78 is 38.8. The van der Waals surface area contributed by atoms with Gasteiger partial charge in [0.05, 0.1) is 11.2 Å². The maximum Gasteiger partial charge on any atom is 0.433 e. The minimum atomic E-state index is -4.53. The summed E-state index contributed by atoms with van der Waals surface area (Å²) in [7, 11) is 0. The van der Waals surface area contributed by atoms with Gasteiger partial charge < -0.3 is 5.43 Å². The Balaban J connectivity index is 2.95. The molecule has 0 radical (unpaired) electrons. The monoisotopic (exact) mass is 289 g/mol. The highest BCUT2D eigenvalue weighted by Crippen LogP contribution is 2.38. The molecule has 0 aliphatic carbocycles. The van der Waals surface area contributed by atoms with E-state index in [1.807, 2.05) is 0 Å². The zero-order chi connectivity index (χ0) is 14.4. The van der Waals surface area contributed by atoms with Crippen LogP contribution in [0.3, 0.4) is 0 Å². The molecule has 0 bridgehead atoms. The number of hydrazine groups is 1. The van der Waals surface area contributed by atoms with Crippen molar-refractivity contribution in [3.05, 3.63) is 34.0 Å². The first-order valence-corrected chi connectivity index (χ1v) is 5.77. The van der Waals surface area contributed by atoms with Crippen molar-refractivity contribution in [2.45, 2.75) is 20.0 Å². The van der Waals surface area contributed by atoms with E-state index in [2.05, 4.69) is 10.4 Å². The van der Waals surface area contributed by atoms with Crippen LogP contribution in [0.5, 0.6) is 0 Å². The highest BCUT2D eigenvalue weighted by Gasteiger charge is 2.36. The Bertz CT molecular complexity index is 653. The van der Waals surface area contributed by atoms with E-state index in [0.29, 0.717) is 16.0 Å². The lowest BCUT2D eigenvalue weighted by Crippen LogP contribution is -2.16. The first-order valence-electron chi connectivity index (χ1n) is 5.40. The highest BCUT2D eigenvalue weighted by atomic mass is 35.5. The number of nitrogen functional groups attached to an aromatic ring is 1. The van der Waals surface area contributed by atoms with E-state index >= 15 is 0 Å². The minimum Gasteiger partial charge on any atom is -0.323 e. The van der Waals surface area contributed by atoms with Crippen LogP contribution in [0.25, 0.3) is 10.9 Å². The lowest BCUT2D eigenvalue weighted by Gasteiger charge is -2.16. The van der Waals surface area contributed by atoms with Crippen LogP contribution >= 0.6 is 11.6 Å². The molecule has 0 spiro atoms. The minimum absolute atomic E-state index is 0.0517. The number of hydrogen-bond donors (Lipinski definition) is 2. The Morgan fingerprint density at radius 3 is 2.42 bits per heavy atom. The molecule has 19 heavy (non-hydrogen) atoms. The summed E-state index contributed by atoms with van der Waals surface area (Å²) in [6.07, 6.45) is -4.53. The third kappa shape index (κ3) is 2.33. The zero-order valence-electron chi connectivity index (χ0n) is 10.2. The molecule has 0 saturated heterocycles. The fraction of sp³-hybridized carbons (Fsp3) is 0.250. The van der Waals surface area contributed by atoms with Gasteiger partial charge in [0, 0.05) is 16.0 Å². The van der Waals surface area contributed by atoms with Gasteiger partial charge in [-0.25, -0.2) is 4.98 Å². The number of hydrogen-bond acceptors (Lipinski definition) is 3. The molecule has 0 saturated carbocycles. The number of aromatic nitrogens is 1. The molecule has 7 heteroatoms. The Kier molecular flexibility index (Phi) is 3.32. The van der Waals surface area contributed by atoms with E-state index in [0.717, 1.165) is 0 Å². The molecule has 0 atom stereocenters. The largest absolute Gasteiger partial charge is 0.433 e. The van der Waals surface area contributed by atoms with E-state index < -0.39 is 11.9 Å². The second kappa shape index (κ2) is 4.54. The standard InChI is InChI=1S/C12H11ClF3N3/c1-5-3-7(13)4-8-9(5)18-11(12(14,15)16)6(2)10(8)19-17/h3-4H,17H2,1-2H3,(H,18,19). The van der Waals surface area contributed by atoms with Crippen molar-refractivity contribution < 1.29 is 13.2 Å². The van der Waals surface area contributed by atoms with Gasteiger partial charge in [-0.1, -0.05) is 11.6 Å². The number of nitrogens with zero attached hydrogens (tertiary/aromatic N) is 1. The number of nitrogens with one attached hydrogen (secondary N) is 1. The number of alkyl halides is 3. The summed E-state index contributed by atoms with van der Waals surface area (Å²) in [5, 5.41) is 0.889. The third-order valence-electron chi connectivity index (χ3n) is 2.90. The molecule has 1 aromatic heterocycles. The predicted molar refractivity (Wildman–Crippen MR) is 69.0 cm³/mol. The number of fused-ring (bicyclic) bond motifs is 1. The topological polar surface area (TPSA) is 50.9 Å². The molecule has 0 aliphatic heterocycles. The normalized spacial score (nSPS) is 11.9. The molecule has 0 unspecified atom stereocenters. The number of anilines is 1. The maximum absolute atomic E-state index is 12.9. The average molecular weight is 290 g/mol. The summed E-state index contributed by atoms with van der Waals surface area (Å²) in [6.45, 7) is 2.97. The van der Waals surface area contributed by atoms with Crippen LogP contribution in [0, 0.1) is 13.8 Å². The predicted octanol–water partition coefficient (Wildman–Crippen LogP) is 3.81. The molecular weight excluding hydrogens is 279 g/mol. The Morgan fingerprint density at radius 2 is 1.89 bits per heavy atom. The van der Waals surface area contributed by atoms with E-state index in [4.69, 9.17) is 17.4 Å². The fourth-order valence-corrected chi connectivity index (χ4v) is 2.33. The molecule has 3 N–H and O–H groups in total. The molecular formula is C12H11ClF3N3. The van der Waals surface area contributed by atoms with Gasteiger partial charge in [0.2, 0.25) is 0 Å². The summed E-state index contributed by atoms with van der Waals surface area (Å²) in [4.78, 5) is 3.72. The average Bonchev–Trinajstić information content (AvgIpc) is 2.26. The van der Waals surface area contributed by atoms with Crippen molar-refractivity contribution in [2.75, 3.05) is 5.43 Å². The second-order valence-corrected chi connectivity index (χ2v) is 4.66. The van der Waals surface area contributed by atoms with Crippen LogP contribution in [-0.4, -0.2) is 4.98 Å². The molecule has 1 aromatic carbocycles. The van der Waals surface area contributed by atoms with Gasteiger partial charge in [0.1, 0.15) is 5.69 Å². The van der Waals surface area contributed by atoms with Crippen molar-refractivity contribution in [1.29, 1.82) is 0 Å². The van der Waals surface area contributed by atoms with Gasteiger partial charge in [-0.15, -0.1) is 0 Å². The van der Waals surface area contributed by atoms with Crippen LogP contribution < -0.4 is 11.3 Å². The number of aryl methyl sites for hydroxylation is 1. The van der Waals surface area contributed by atoms with E-state index in [1.54, 1.807) is 19.1 Å². The number of rotatable bonds is 1. The maximum atomic E-state index is 12.9. The smallest absolute Gasteiger partial charge is 0.323 e. The number of pyridine rings is 1. The van der Waals surface area contributed by atoms with Crippen LogP contribution in [0.15, 0.2) is 12.1 Å². The summed E-state index contributed by atoms with van der Waals surface area (Å²) in [5.74, 6) is 5.34. The molecule has 3 nitrogen and oxygen atoms in total. The number of nitrogens with two attached hydrogens (primary N) is 1. The lowest BCUT2D eigenvalue weighted by molar-refractivity contribution is -0.141. The van der Waals surface area contributed by atoms with E-state index in [1.165, 1.54) is 6.92 Å². The second-order valence-electron chi connectivity index (χ2n) is 4.22. The first kappa shape index (κ1) is 13.9. The van der Waals surface area contributed by atoms with Crippen LogP contribution in [0.2, 0.25) is 5.02 Å². The Morgan fingerprint density at radius 1 is 1.26 bits per heavy atom. The zero-order valence-corrected chi connectivity index (χ0v) is 10.9. The van der Waals surface area contributed by atoms with Gasteiger partial charge in [-0.2, -0.15) is 13.2 Å². The molecule has 0 aliphatic rings. The van der Waals surface area contributed by atoms with Gasteiger partial charge in [-0.05, 0) is 31.5 Å². The fourth-order valence-electron chi connectivity index (χ4n) is 2.05. The molecule has 2 rings (SSSR count). The third-order valence-corrected chi connectivity index (χ3v) is 3.12. The number of benzene rings is 1. The quantitative estimate of drug-likeness (QED) is 0.620. The SMILES string of the molecule is Cc1c(C(F)(F)F)nc2c(C)cc(Cl)cc2c1NN. The molecule has 0 fully saturated rings. The van der Waals surface area contributed by atoms with Gasteiger partial charge in [0.15, 0.2) is 0 Å². The Hall–Kier alpha value is -1.53.